The van der Waals surface area contributed by atoms with Crippen molar-refractivity contribution in [2.75, 3.05) is 0 Å². The predicted octanol–water partition coefficient (Wildman–Crippen LogP) is 4.25. The summed E-state index contributed by atoms with van der Waals surface area (Å²) in [4.78, 5) is 17.7. The van der Waals surface area contributed by atoms with Gasteiger partial charge in [-0.05, 0) is 23.1 Å². The zero-order chi connectivity index (χ0) is 20.6. The van der Waals surface area contributed by atoms with Gasteiger partial charge in [0.2, 0.25) is 0 Å². The lowest BCUT2D eigenvalue weighted by Crippen LogP contribution is -2.39. The van der Waals surface area contributed by atoms with Gasteiger partial charge in [0.05, 0.1) is 12.5 Å². The molecule has 2 N–H and O–H groups in total. The van der Waals surface area contributed by atoms with Crippen molar-refractivity contribution in [3.8, 4) is 0 Å². The molecule has 5 rings (SSSR count). The summed E-state index contributed by atoms with van der Waals surface area (Å²) in [6.45, 7) is 0. The number of ketones is 1. The molecule has 4 nitrogen and oxygen atoms in total. The first kappa shape index (κ1) is 18.5. The quantitative estimate of drug-likeness (QED) is 0.393. The molecule has 2 atom stereocenters. The Hall–Kier alpha value is -3.50. The van der Waals surface area contributed by atoms with Crippen LogP contribution in [0.1, 0.15) is 33.6 Å². The van der Waals surface area contributed by atoms with Crippen LogP contribution < -0.4 is 5.73 Å². The van der Waals surface area contributed by atoms with Gasteiger partial charge in [-0.2, -0.15) is 0 Å². The molecule has 0 bridgehead atoms. The molecular formula is C26H23N3O. The van der Waals surface area contributed by atoms with Crippen molar-refractivity contribution in [1.82, 2.24) is 9.55 Å². The number of imidazole rings is 1. The summed E-state index contributed by atoms with van der Waals surface area (Å²) < 4.78 is 2.03. The number of nitrogens with two attached hydrogens (primary N) is 1. The number of benzene rings is 3. The second-order valence-corrected chi connectivity index (χ2v) is 7.83. The summed E-state index contributed by atoms with van der Waals surface area (Å²) in [7, 11) is 0. The maximum Gasteiger partial charge on any atom is 0.185 e. The van der Waals surface area contributed by atoms with E-state index in [0.29, 0.717) is 5.69 Å². The van der Waals surface area contributed by atoms with E-state index in [4.69, 9.17) is 5.73 Å². The van der Waals surface area contributed by atoms with E-state index in [1.165, 1.54) is 0 Å². The Morgan fingerprint density at radius 3 is 1.67 bits per heavy atom. The molecule has 0 amide bonds. The molecule has 1 fully saturated rings. The van der Waals surface area contributed by atoms with Crippen LogP contribution in [-0.2, 0) is 5.54 Å². The third-order valence-corrected chi connectivity index (χ3v) is 6.00. The summed E-state index contributed by atoms with van der Waals surface area (Å²) in [6.07, 6.45) is 4.18. The Bertz CT molecular complexity index is 1060. The molecule has 1 heterocycles. The maximum absolute atomic E-state index is 13.3. The molecule has 4 aromatic rings. The van der Waals surface area contributed by atoms with E-state index in [0.717, 1.165) is 23.1 Å². The van der Waals surface area contributed by atoms with Crippen molar-refractivity contribution in [3.05, 3.63) is 126 Å². The van der Waals surface area contributed by atoms with Crippen LogP contribution in [0.4, 0.5) is 0 Å². The van der Waals surface area contributed by atoms with E-state index in [9.17, 15) is 4.79 Å². The molecule has 1 aliphatic rings. The highest BCUT2D eigenvalue weighted by Crippen LogP contribution is 2.42. The largest absolute Gasteiger partial charge is 0.327 e. The fourth-order valence-electron chi connectivity index (χ4n) is 4.41. The van der Waals surface area contributed by atoms with Gasteiger partial charge in [-0.25, -0.2) is 4.98 Å². The second kappa shape index (κ2) is 7.39. The van der Waals surface area contributed by atoms with Crippen LogP contribution >= 0.6 is 0 Å². The van der Waals surface area contributed by atoms with Crippen LogP contribution in [0.5, 0.6) is 0 Å². The average molecular weight is 393 g/mol. The van der Waals surface area contributed by atoms with E-state index >= 15 is 0 Å². The zero-order valence-corrected chi connectivity index (χ0v) is 16.6. The minimum Gasteiger partial charge on any atom is -0.327 e. The first-order valence-electron chi connectivity index (χ1n) is 10.2. The molecule has 0 radical (unpaired) electrons. The number of hydrogen-bond donors (Lipinski definition) is 1. The smallest absolute Gasteiger partial charge is 0.185 e. The van der Waals surface area contributed by atoms with Gasteiger partial charge >= 0.3 is 0 Å². The van der Waals surface area contributed by atoms with Crippen molar-refractivity contribution in [2.45, 2.75) is 18.0 Å². The second-order valence-electron chi connectivity index (χ2n) is 7.83. The zero-order valence-electron chi connectivity index (χ0n) is 16.6. The minimum absolute atomic E-state index is 0.0552. The highest BCUT2D eigenvalue weighted by atomic mass is 16.1. The van der Waals surface area contributed by atoms with E-state index < -0.39 is 5.54 Å². The average Bonchev–Trinajstić information content (AvgIpc) is 3.34. The number of carbonyl (C=O) groups is 1. The third-order valence-electron chi connectivity index (χ3n) is 6.00. The topological polar surface area (TPSA) is 60.9 Å². The minimum atomic E-state index is -0.732. The van der Waals surface area contributed by atoms with Crippen molar-refractivity contribution in [2.24, 2.45) is 11.7 Å². The first-order chi connectivity index (χ1) is 14.7. The van der Waals surface area contributed by atoms with Gasteiger partial charge < -0.3 is 10.3 Å². The van der Waals surface area contributed by atoms with Crippen molar-refractivity contribution in [1.29, 1.82) is 0 Å². The van der Waals surface area contributed by atoms with Gasteiger partial charge in [-0.15, -0.1) is 0 Å². The number of rotatable bonds is 6. The molecule has 3 aromatic carbocycles. The van der Waals surface area contributed by atoms with Crippen molar-refractivity contribution < 1.29 is 4.79 Å². The number of carbonyl (C=O) groups excluding carboxylic acids is 1. The van der Waals surface area contributed by atoms with Crippen LogP contribution in [0.2, 0.25) is 0 Å². The third kappa shape index (κ3) is 2.88. The van der Waals surface area contributed by atoms with Gasteiger partial charge in [0.15, 0.2) is 5.78 Å². The van der Waals surface area contributed by atoms with Crippen molar-refractivity contribution in [3.63, 3.8) is 0 Å². The van der Waals surface area contributed by atoms with E-state index in [1.54, 1.807) is 12.5 Å². The Kier molecular flexibility index (Phi) is 4.57. The lowest BCUT2D eigenvalue weighted by atomic mass is 9.76. The molecule has 0 spiro atoms. The lowest BCUT2D eigenvalue weighted by molar-refractivity contribution is 0.0954. The normalized spacial score (nSPS) is 18.2. The van der Waals surface area contributed by atoms with E-state index in [-0.39, 0.29) is 17.7 Å². The van der Waals surface area contributed by atoms with Crippen LogP contribution in [0.15, 0.2) is 104 Å². The molecule has 1 aromatic heterocycles. The molecule has 148 valence electrons. The monoisotopic (exact) mass is 393 g/mol. The van der Waals surface area contributed by atoms with E-state index in [1.807, 2.05) is 59.2 Å². The predicted molar refractivity (Wildman–Crippen MR) is 117 cm³/mol. The van der Waals surface area contributed by atoms with Gasteiger partial charge in [0.1, 0.15) is 11.2 Å². The molecule has 0 aliphatic heterocycles. The number of hydrogen-bond acceptors (Lipinski definition) is 3. The molecule has 0 unspecified atom stereocenters. The van der Waals surface area contributed by atoms with Gasteiger partial charge in [0, 0.05) is 12.0 Å². The molecule has 4 heteroatoms. The summed E-state index contributed by atoms with van der Waals surface area (Å²) in [5, 5.41) is 0. The highest BCUT2D eigenvalue weighted by Gasteiger charge is 2.45. The van der Waals surface area contributed by atoms with Crippen LogP contribution in [0.3, 0.4) is 0 Å². The Balaban J connectivity index is 1.85. The van der Waals surface area contributed by atoms with Crippen LogP contribution in [0.25, 0.3) is 0 Å². The Morgan fingerprint density at radius 1 is 0.833 bits per heavy atom. The molecule has 0 saturated heterocycles. The van der Waals surface area contributed by atoms with Gasteiger partial charge in [-0.1, -0.05) is 91.0 Å². The summed E-state index contributed by atoms with van der Waals surface area (Å²) in [5.41, 5.74) is 9.06. The fraction of sp³-hybridized carbons (Fsp3) is 0.154. The lowest BCUT2D eigenvalue weighted by Gasteiger charge is -2.38. The SMILES string of the molecule is N[C@@H]1C[C@@H]1C(=O)c1cncn1C(c1ccccc1)(c1ccccc1)c1ccccc1. The van der Waals surface area contributed by atoms with E-state index in [2.05, 4.69) is 41.4 Å². The summed E-state index contributed by atoms with van der Waals surface area (Å²) >= 11 is 0. The first-order valence-corrected chi connectivity index (χ1v) is 10.2. The number of nitrogens with zero attached hydrogens (tertiary/aromatic N) is 2. The number of aromatic nitrogens is 2. The van der Waals surface area contributed by atoms with Gasteiger partial charge in [-0.3, -0.25) is 4.79 Å². The van der Waals surface area contributed by atoms with Gasteiger partial charge in [0.25, 0.3) is 0 Å². The molecule has 1 saturated carbocycles. The Labute approximate surface area is 176 Å². The Morgan fingerprint density at radius 2 is 1.27 bits per heavy atom. The van der Waals surface area contributed by atoms with Crippen LogP contribution in [0, 0.1) is 5.92 Å². The molecular weight excluding hydrogens is 370 g/mol. The fourth-order valence-corrected chi connectivity index (χ4v) is 4.41. The number of Topliss-reactive ketones (excluding diaryl/α,β-unsaturated/α-hetero) is 1. The summed E-state index contributed by atoms with van der Waals surface area (Å²) in [6, 6.07) is 30.8. The molecule has 30 heavy (non-hydrogen) atoms. The maximum atomic E-state index is 13.3. The molecule has 1 aliphatic carbocycles. The summed E-state index contributed by atoms with van der Waals surface area (Å²) in [5.74, 6) is -0.0624. The van der Waals surface area contributed by atoms with Crippen LogP contribution in [-0.4, -0.2) is 21.4 Å². The highest BCUT2D eigenvalue weighted by molar-refractivity contribution is 5.99. The van der Waals surface area contributed by atoms with Crippen molar-refractivity contribution >= 4 is 5.78 Å². The standard InChI is InChI=1S/C26H23N3O/c27-23-16-22(23)25(30)24-17-28-18-29(24)26(19-10-4-1-5-11-19,20-12-6-2-7-13-20)21-14-8-3-9-15-21/h1-15,17-18,22-23H,16,27H2/t22-,23+/m0/s1.